The summed E-state index contributed by atoms with van der Waals surface area (Å²) in [6, 6.07) is 8.67. The molecule has 2 aromatic carbocycles. The van der Waals surface area contributed by atoms with Crippen LogP contribution in [0.25, 0.3) is 0 Å². The van der Waals surface area contributed by atoms with Gasteiger partial charge in [-0.2, -0.15) is 0 Å². The fraction of sp³-hybridized carbons (Fsp3) is 0. The van der Waals surface area contributed by atoms with E-state index >= 15 is 0 Å². The van der Waals surface area contributed by atoms with Gasteiger partial charge in [0.2, 0.25) is 0 Å². The first-order valence-corrected chi connectivity index (χ1v) is 5.62. The summed E-state index contributed by atoms with van der Waals surface area (Å²) in [6.45, 7) is 0. The van der Waals surface area contributed by atoms with Crippen LogP contribution in [0, 0.1) is 11.6 Å². The smallest absolute Gasteiger partial charge is 0.408 e. The molecule has 1 N–H and O–H groups in total. The van der Waals surface area contributed by atoms with Crippen molar-refractivity contribution in [2.45, 2.75) is 0 Å². The van der Waals surface area contributed by atoms with Crippen molar-refractivity contribution < 1.29 is 18.3 Å². The van der Waals surface area contributed by atoms with Crippen molar-refractivity contribution in [3.05, 3.63) is 59.1 Å². The second-order valence-electron chi connectivity index (χ2n) is 3.60. The number of carbonyl (C=O) groups is 1. The van der Waals surface area contributed by atoms with E-state index in [1.165, 1.54) is 24.3 Å². The maximum absolute atomic E-state index is 12.9. The van der Waals surface area contributed by atoms with Gasteiger partial charge in [-0.05, 0) is 36.4 Å². The van der Waals surface area contributed by atoms with Crippen LogP contribution in [0.1, 0.15) is 0 Å². The average Bonchev–Trinajstić information content (AvgIpc) is 2.33. The first-order chi connectivity index (χ1) is 9.04. The van der Waals surface area contributed by atoms with Gasteiger partial charge in [-0.1, -0.05) is 17.7 Å². The number of ether oxygens (including phenoxy) is 1. The molecular weight excluding hydrogens is 276 g/mol. The molecule has 0 aliphatic carbocycles. The zero-order valence-corrected chi connectivity index (χ0v) is 10.2. The molecule has 98 valence electrons. The number of halogens is 3. The molecule has 0 spiro atoms. The predicted molar refractivity (Wildman–Crippen MR) is 67.5 cm³/mol. The van der Waals surface area contributed by atoms with Gasteiger partial charge in [-0.15, -0.1) is 0 Å². The highest BCUT2D eigenvalue weighted by atomic mass is 35.5. The lowest BCUT2D eigenvalue weighted by molar-refractivity contribution is 0.215. The number of hydrogen-bond acceptors (Lipinski definition) is 2. The Balaban J connectivity index is 2.05. The van der Waals surface area contributed by atoms with E-state index in [4.69, 9.17) is 16.3 Å². The lowest BCUT2D eigenvalue weighted by atomic mass is 10.3. The van der Waals surface area contributed by atoms with Crippen LogP contribution in [0.15, 0.2) is 42.5 Å². The molecular formula is C13H8ClF2NO2. The highest BCUT2D eigenvalue weighted by molar-refractivity contribution is 6.32. The van der Waals surface area contributed by atoms with Gasteiger partial charge in [-0.25, -0.2) is 13.6 Å². The molecule has 0 bridgehead atoms. The zero-order chi connectivity index (χ0) is 13.8. The molecule has 0 fully saturated rings. The van der Waals surface area contributed by atoms with Crippen LogP contribution in [0.4, 0.5) is 19.3 Å². The average molecular weight is 284 g/mol. The number of hydrogen-bond donors (Lipinski definition) is 1. The van der Waals surface area contributed by atoms with Gasteiger partial charge in [0.1, 0.15) is 11.6 Å². The van der Waals surface area contributed by atoms with Crippen LogP contribution in [0.3, 0.4) is 0 Å². The molecule has 0 saturated heterocycles. The van der Waals surface area contributed by atoms with Gasteiger partial charge in [-0.3, -0.25) is 5.32 Å². The molecule has 0 aliphatic heterocycles. The van der Waals surface area contributed by atoms with E-state index in [1.54, 1.807) is 0 Å². The Morgan fingerprint density at radius 2 is 1.84 bits per heavy atom. The number of amides is 1. The van der Waals surface area contributed by atoms with Gasteiger partial charge in [0.25, 0.3) is 0 Å². The lowest BCUT2D eigenvalue weighted by Gasteiger charge is -2.07. The molecule has 0 saturated carbocycles. The fourth-order valence-electron chi connectivity index (χ4n) is 1.37. The second-order valence-corrected chi connectivity index (χ2v) is 4.01. The van der Waals surface area contributed by atoms with Crippen molar-refractivity contribution in [3.63, 3.8) is 0 Å². The third-order valence-electron chi connectivity index (χ3n) is 2.17. The molecule has 0 atom stereocenters. The zero-order valence-electron chi connectivity index (χ0n) is 9.49. The largest absolute Gasteiger partial charge is 0.417 e. The Hall–Kier alpha value is -2.14. The van der Waals surface area contributed by atoms with Crippen LogP contribution in [-0.2, 0) is 0 Å². The van der Waals surface area contributed by atoms with Gasteiger partial charge in [0.15, 0.2) is 5.75 Å². The van der Waals surface area contributed by atoms with E-state index < -0.39 is 17.7 Å². The van der Waals surface area contributed by atoms with Crippen molar-refractivity contribution in [3.8, 4) is 5.75 Å². The van der Waals surface area contributed by atoms with Gasteiger partial charge >= 0.3 is 6.09 Å². The van der Waals surface area contributed by atoms with Crippen molar-refractivity contribution in [1.29, 1.82) is 0 Å². The lowest BCUT2D eigenvalue weighted by Crippen LogP contribution is -2.17. The summed E-state index contributed by atoms with van der Waals surface area (Å²) in [7, 11) is 0. The minimum Gasteiger partial charge on any atom is -0.408 e. The predicted octanol–water partition coefficient (Wildman–Crippen LogP) is 4.23. The van der Waals surface area contributed by atoms with Crippen LogP contribution in [0.2, 0.25) is 5.02 Å². The SMILES string of the molecule is O=C(Nc1cccc(F)c1)Oc1ccc(F)cc1Cl. The van der Waals surface area contributed by atoms with Crippen LogP contribution in [-0.4, -0.2) is 6.09 Å². The summed E-state index contributed by atoms with van der Waals surface area (Å²) in [4.78, 5) is 11.5. The van der Waals surface area contributed by atoms with Crippen molar-refractivity contribution in [1.82, 2.24) is 0 Å². The quantitative estimate of drug-likeness (QED) is 0.896. The number of anilines is 1. The monoisotopic (exact) mass is 283 g/mol. The number of carbonyl (C=O) groups excluding carboxylic acids is 1. The molecule has 0 radical (unpaired) electrons. The normalized spacial score (nSPS) is 10.1. The standard InChI is InChI=1S/C13H8ClF2NO2/c14-11-7-9(16)4-5-12(11)19-13(18)17-10-3-1-2-8(15)6-10/h1-7H,(H,17,18). The van der Waals surface area contributed by atoms with E-state index in [1.807, 2.05) is 0 Å². The number of rotatable bonds is 2. The topological polar surface area (TPSA) is 38.3 Å². The van der Waals surface area contributed by atoms with E-state index in [2.05, 4.69) is 5.32 Å². The first kappa shape index (κ1) is 13.3. The maximum atomic E-state index is 12.9. The Bertz CT molecular complexity index is 619. The summed E-state index contributed by atoms with van der Waals surface area (Å²) in [5.74, 6) is -1.02. The Morgan fingerprint density at radius 1 is 1.11 bits per heavy atom. The Labute approximate surface area is 112 Å². The van der Waals surface area contributed by atoms with E-state index in [9.17, 15) is 13.6 Å². The van der Waals surface area contributed by atoms with Crippen molar-refractivity contribution >= 4 is 23.4 Å². The van der Waals surface area contributed by atoms with E-state index in [-0.39, 0.29) is 16.5 Å². The molecule has 2 aromatic rings. The Morgan fingerprint density at radius 3 is 2.53 bits per heavy atom. The highest BCUT2D eigenvalue weighted by Gasteiger charge is 2.09. The number of benzene rings is 2. The minimum absolute atomic E-state index is 0.0111. The second kappa shape index (κ2) is 5.67. The van der Waals surface area contributed by atoms with Crippen LogP contribution < -0.4 is 10.1 Å². The van der Waals surface area contributed by atoms with Gasteiger partial charge in [0.05, 0.1) is 5.02 Å². The summed E-state index contributed by atoms with van der Waals surface area (Å²) >= 11 is 5.70. The summed E-state index contributed by atoms with van der Waals surface area (Å²) in [5, 5.41) is 2.29. The van der Waals surface area contributed by atoms with Crippen LogP contribution in [0.5, 0.6) is 5.75 Å². The summed E-state index contributed by atoms with van der Waals surface area (Å²) < 4.78 is 30.6. The molecule has 0 aliphatic rings. The van der Waals surface area contributed by atoms with Crippen LogP contribution >= 0.6 is 11.6 Å². The molecule has 1 amide bonds. The molecule has 3 nitrogen and oxygen atoms in total. The van der Waals surface area contributed by atoms with Crippen molar-refractivity contribution in [2.75, 3.05) is 5.32 Å². The summed E-state index contributed by atoms with van der Waals surface area (Å²) in [6.07, 6.45) is -0.848. The van der Waals surface area contributed by atoms with E-state index in [0.29, 0.717) is 0 Å². The van der Waals surface area contributed by atoms with Crippen molar-refractivity contribution in [2.24, 2.45) is 0 Å². The number of nitrogens with one attached hydrogen (secondary N) is 1. The molecule has 6 heteroatoms. The molecule has 0 heterocycles. The molecule has 0 unspecified atom stereocenters. The van der Waals surface area contributed by atoms with Gasteiger partial charge in [0, 0.05) is 5.69 Å². The molecule has 0 aromatic heterocycles. The fourth-order valence-corrected chi connectivity index (χ4v) is 1.57. The maximum Gasteiger partial charge on any atom is 0.417 e. The molecule has 2 rings (SSSR count). The minimum atomic E-state index is -0.848. The first-order valence-electron chi connectivity index (χ1n) is 5.24. The third-order valence-corrected chi connectivity index (χ3v) is 2.46. The summed E-state index contributed by atoms with van der Waals surface area (Å²) in [5.41, 5.74) is 0.239. The Kier molecular flexibility index (Phi) is 3.97. The third kappa shape index (κ3) is 3.66. The van der Waals surface area contributed by atoms with E-state index in [0.717, 1.165) is 18.2 Å². The van der Waals surface area contributed by atoms with Gasteiger partial charge < -0.3 is 4.74 Å². The highest BCUT2D eigenvalue weighted by Crippen LogP contribution is 2.25. The molecule has 19 heavy (non-hydrogen) atoms.